The summed E-state index contributed by atoms with van der Waals surface area (Å²) in [6.07, 6.45) is -4.42. The third-order valence-electron chi connectivity index (χ3n) is 5.51. The van der Waals surface area contributed by atoms with Gasteiger partial charge in [0, 0.05) is 6.54 Å². The number of hydrogen-bond donors (Lipinski definition) is 2. The minimum atomic E-state index is -4.55. The van der Waals surface area contributed by atoms with Crippen molar-refractivity contribution in [3.63, 3.8) is 0 Å². The predicted octanol–water partition coefficient (Wildman–Crippen LogP) is 3.81. The Morgan fingerprint density at radius 2 is 1.71 bits per heavy atom. The van der Waals surface area contributed by atoms with Crippen LogP contribution in [0.25, 0.3) is 0 Å². The Bertz CT molecular complexity index is 1300. The first-order valence-corrected chi connectivity index (χ1v) is 11.1. The number of nitrogens with zero attached hydrogens (tertiary/aromatic N) is 2. The molecule has 3 aromatic rings. The Kier molecular flexibility index (Phi) is 7.83. The lowest BCUT2D eigenvalue weighted by atomic mass is 10.1. The standard InChI is InChI=1S/C25H27F3N4O3/c1-16(2)11-12-31(20(33)14-18-9-6-10-19(13-18)25(26,27)28)21-22(29)32(24(35)30-23(21)34)15-17-7-4-3-5-8-17/h3-10,13,16H,11-12,14-15,29H2,1-2H3,(H,30,34,35). The van der Waals surface area contributed by atoms with Crippen LogP contribution in [0.1, 0.15) is 37.0 Å². The van der Waals surface area contributed by atoms with Crippen LogP contribution in [-0.4, -0.2) is 22.0 Å². The number of carbonyl (C=O) groups is 1. The highest BCUT2D eigenvalue weighted by Crippen LogP contribution is 2.30. The molecule has 2 aromatic carbocycles. The van der Waals surface area contributed by atoms with E-state index in [4.69, 9.17) is 5.73 Å². The molecule has 0 bridgehead atoms. The second-order valence-corrected chi connectivity index (χ2v) is 8.67. The highest BCUT2D eigenvalue weighted by Gasteiger charge is 2.31. The zero-order valence-electron chi connectivity index (χ0n) is 19.4. The molecule has 0 saturated heterocycles. The van der Waals surface area contributed by atoms with Crippen LogP contribution in [0.5, 0.6) is 0 Å². The fourth-order valence-corrected chi connectivity index (χ4v) is 3.64. The predicted molar refractivity (Wildman–Crippen MR) is 128 cm³/mol. The second kappa shape index (κ2) is 10.6. The number of halogens is 3. The van der Waals surface area contributed by atoms with Gasteiger partial charge in [-0.25, -0.2) is 4.79 Å². The molecule has 1 heterocycles. The average Bonchev–Trinajstić information content (AvgIpc) is 2.78. The molecular weight excluding hydrogens is 461 g/mol. The number of amides is 1. The van der Waals surface area contributed by atoms with E-state index in [1.54, 1.807) is 24.3 Å². The molecule has 1 amide bonds. The monoisotopic (exact) mass is 488 g/mol. The first-order valence-electron chi connectivity index (χ1n) is 11.1. The number of nitrogens with one attached hydrogen (secondary N) is 1. The number of aromatic nitrogens is 2. The van der Waals surface area contributed by atoms with E-state index >= 15 is 0 Å². The number of nitrogen functional groups attached to an aromatic ring is 1. The van der Waals surface area contributed by atoms with E-state index in [1.165, 1.54) is 12.1 Å². The summed E-state index contributed by atoms with van der Waals surface area (Å²) >= 11 is 0. The maximum atomic E-state index is 13.3. The summed E-state index contributed by atoms with van der Waals surface area (Å²) in [5.41, 5.74) is 4.52. The van der Waals surface area contributed by atoms with Gasteiger partial charge in [0.25, 0.3) is 5.56 Å². The van der Waals surface area contributed by atoms with Crippen LogP contribution >= 0.6 is 0 Å². The van der Waals surface area contributed by atoms with Gasteiger partial charge in [0.1, 0.15) is 5.82 Å². The Labute approximate surface area is 200 Å². The normalized spacial score (nSPS) is 11.6. The molecule has 0 spiro atoms. The molecule has 0 aliphatic rings. The van der Waals surface area contributed by atoms with Crippen molar-refractivity contribution in [1.82, 2.24) is 9.55 Å². The number of alkyl halides is 3. The van der Waals surface area contributed by atoms with Crippen LogP contribution in [0.2, 0.25) is 0 Å². The Morgan fingerprint density at radius 1 is 1.06 bits per heavy atom. The van der Waals surface area contributed by atoms with Crippen LogP contribution in [-0.2, 0) is 23.9 Å². The third kappa shape index (κ3) is 6.40. The van der Waals surface area contributed by atoms with E-state index in [1.807, 2.05) is 19.9 Å². The molecule has 35 heavy (non-hydrogen) atoms. The summed E-state index contributed by atoms with van der Waals surface area (Å²) in [7, 11) is 0. The lowest BCUT2D eigenvalue weighted by molar-refractivity contribution is -0.137. The topological polar surface area (TPSA) is 101 Å². The number of benzene rings is 2. The summed E-state index contributed by atoms with van der Waals surface area (Å²) in [6.45, 7) is 4.03. The van der Waals surface area contributed by atoms with Gasteiger partial charge in [-0.15, -0.1) is 0 Å². The summed E-state index contributed by atoms with van der Waals surface area (Å²) in [6, 6.07) is 13.4. The van der Waals surface area contributed by atoms with Gasteiger partial charge in [-0.1, -0.05) is 62.4 Å². The van der Waals surface area contributed by atoms with Gasteiger partial charge in [-0.2, -0.15) is 13.2 Å². The Hall–Kier alpha value is -3.82. The molecule has 0 atom stereocenters. The number of H-pyrrole nitrogens is 1. The molecule has 0 unspecified atom stereocenters. The molecule has 0 aliphatic carbocycles. The van der Waals surface area contributed by atoms with Crippen molar-refractivity contribution in [1.29, 1.82) is 0 Å². The first kappa shape index (κ1) is 25.8. The molecular formula is C25H27F3N4O3. The van der Waals surface area contributed by atoms with Gasteiger partial charge in [0.15, 0.2) is 5.69 Å². The van der Waals surface area contributed by atoms with Gasteiger partial charge >= 0.3 is 11.9 Å². The summed E-state index contributed by atoms with van der Waals surface area (Å²) < 4.78 is 40.5. The molecule has 3 N–H and O–H groups in total. The van der Waals surface area contributed by atoms with E-state index < -0.39 is 28.9 Å². The van der Waals surface area contributed by atoms with E-state index in [2.05, 4.69) is 4.98 Å². The zero-order valence-corrected chi connectivity index (χ0v) is 19.4. The maximum Gasteiger partial charge on any atom is 0.416 e. The van der Waals surface area contributed by atoms with E-state index in [0.717, 1.165) is 27.2 Å². The van der Waals surface area contributed by atoms with E-state index in [-0.39, 0.29) is 42.5 Å². The molecule has 10 heteroatoms. The first-order chi connectivity index (χ1) is 16.5. The number of carbonyl (C=O) groups excluding carboxylic acids is 1. The number of nitrogens with two attached hydrogens (primary N) is 1. The van der Waals surface area contributed by atoms with Gasteiger partial charge in [0.2, 0.25) is 5.91 Å². The molecule has 7 nitrogen and oxygen atoms in total. The van der Waals surface area contributed by atoms with Gasteiger partial charge in [-0.05, 0) is 29.5 Å². The van der Waals surface area contributed by atoms with Crippen molar-refractivity contribution in [2.24, 2.45) is 5.92 Å². The SMILES string of the molecule is CC(C)CCN(C(=O)Cc1cccc(C(F)(F)F)c1)c1c(N)n(Cc2ccccc2)c(=O)[nH]c1=O. The quantitative estimate of drug-likeness (QED) is 0.504. The number of rotatable bonds is 8. The number of anilines is 2. The smallest absolute Gasteiger partial charge is 0.383 e. The molecule has 3 rings (SSSR count). The zero-order chi connectivity index (χ0) is 25.8. The van der Waals surface area contributed by atoms with Crippen molar-refractivity contribution in [3.05, 3.63) is 92.1 Å². The number of hydrogen-bond acceptors (Lipinski definition) is 4. The molecule has 0 fully saturated rings. The highest BCUT2D eigenvalue weighted by atomic mass is 19.4. The lowest BCUT2D eigenvalue weighted by Crippen LogP contribution is -2.42. The van der Waals surface area contributed by atoms with Gasteiger partial charge in [-0.3, -0.25) is 19.1 Å². The minimum absolute atomic E-state index is 0.0646. The third-order valence-corrected chi connectivity index (χ3v) is 5.51. The van der Waals surface area contributed by atoms with Gasteiger partial charge in [0.05, 0.1) is 18.5 Å². The van der Waals surface area contributed by atoms with Crippen LogP contribution in [0.15, 0.2) is 64.2 Å². The summed E-state index contributed by atoms with van der Waals surface area (Å²) in [4.78, 5) is 42.0. The molecule has 0 aliphatic heterocycles. The second-order valence-electron chi connectivity index (χ2n) is 8.67. The number of aromatic amines is 1. The molecule has 186 valence electrons. The van der Waals surface area contributed by atoms with Crippen molar-refractivity contribution in [2.75, 3.05) is 17.2 Å². The van der Waals surface area contributed by atoms with Crippen LogP contribution in [0.4, 0.5) is 24.7 Å². The van der Waals surface area contributed by atoms with E-state index in [0.29, 0.717) is 6.42 Å². The molecule has 0 radical (unpaired) electrons. The fourth-order valence-electron chi connectivity index (χ4n) is 3.64. The van der Waals surface area contributed by atoms with E-state index in [9.17, 15) is 27.6 Å². The highest BCUT2D eigenvalue weighted by molar-refractivity contribution is 5.96. The summed E-state index contributed by atoms with van der Waals surface area (Å²) in [5, 5.41) is 0. The van der Waals surface area contributed by atoms with Crippen LogP contribution in [0, 0.1) is 5.92 Å². The van der Waals surface area contributed by atoms with Crippen molar-refractivity contribution >= 4 is 17.4 Å². The largest absolute Gasteiger partial charge is 0.416 e. The van der Waals surface area contributed by atoms with Crippen LogP contribution in [0.3, 0.4) is 0 Å². The van der Waals surface area contributed by atoms with Crippen molar-refractivity contribution < 1.29 is 18.0 Å². The van der Waals surface area contributed by atoms with Crippen molar-refractivity contribution in [2.45, 2.75) is 39.4 Å². The summed E-state index contributed by atoms with van der Waals surface area (Å²) in [5.74, 6) is -0.634. The van der Waals surface area contributed by atoms with Gasteiger partial charge < -0.3 is 10.6 Å². The average molecular weight is 489 g/mol. The van der Waals surface area contributed by atoms with Crippen molar-refractivity contribution in [3.8, 4) is 0 Å². The fraction of sp³-hybridized carbons (Fsp3) is 0.320. The maximum absolute atomic E-state index is 13.3. The Morgan fingerprint density at radius 3 is 2.34 bits per heavy atom. The molecule has 0 saturated carbocycles. The molecule has 1 aromatic heterocycles. The van der Waals surface area contributed by atoms with Crippen LogP contribution < -0.4 is 21.9 Å². The minimum Gasteiger partial charge on any atom is -0.383 e. The Balaban J connectivity index is 2.02. The lowest BCUT2D eigenvalue weighted by Gasteiger charge is -2.25.